The van der Waals surface area contributed by atoms with E-state index < -0.39 is 0 Å². The normalized spacial score (nSPS) is 12.8. The third-order valence-electron chi connectivity index (χ3n) is 3.36. The van der Waals surface area contributed by atoms with Crippen molar-refractivity contribution in [2.75, 3.05) is 0 Å². The van der Waals surface area contributed by atoms with Gasteiger partial charge in [0.1, 0.15) is 0 Å². The molecule has 2 N–H and O–H groups in total. The summed E-state index contributed by atoms with van der Waals surface area (Å²) in [6, 6.07) is 14.4. The first-order chi connectivity index (χ1) is 9.15. The Balaban J connectivity index is 2.06. The number of benzene rings is 2. The summed E-state index contributed by atoms with van der Waals surface area (Å²) in [4.78, 5) is 0. The first-order valence-corrected chi connectivity index (χ1v) is 6.87. The maximum atomic E-state index is 6.31. The van der Waals surface area contributed by atoms with Crippen LogP contribution in [0.3, 0.4) is 0 Å². The van der Waals surface area contributed by atoms with Gasteiger partial charge >= 0.3 is 0 Å². The van der Waals surface area contributed by atoms with Gasteiger partial charge in [-0.05, 0) is 40.6 Å². The van der Waals surface area contributed by atoms with E-state index in [2.05, 4.69) is 51.4 Å². The molecule has 3 aromatic rings. The fourth-order valence-electron chi connectivity index (χ4n) is 2.29. The number of aromatic nitrogens is 2. The van der Waals surface area contributed by atoms with Crippen molar-refractivity contribution >= 4 is 26.7 Å². The number of nitrogens with zero attached hydrogens (tertiary/aromatic N) is 2. The molecular formula is C15H14BrN3. The van der Waals surface area contributed by atoms with Crippen LogP contribution in [-0.4, -0.2) is 9.78 Å². The minimum absolute atomic E-state index is 0.152. The number of rotatable bonds is 2. The van der Waals surface area contributed by atoms with Crippen molar-refractivity contribution in [3.05, 3.63) is 64.4 Å². The van der Waals surface area contributed by atoms with E-state index in [-0.39, 0.29) is 6.04 Å². The Labute approximate surface area is 120 Å². The number of fused-ring (bicyclic) bond motifs is 1. The highest BCUT2D eigenvalue weighted by Crippen LogP contribution is 2.25. The zero-order valence-electron chi connectivity index (χ0n) is 10.5. The van der Waals surface area contributed by atoms with Crippen molar-refractivity contribution in [1.82, 2.24) is 9.78 Å². The van der Waals surface area contributed by atoms with Crippen molar-refractivity contribution in [3.63, 3.8) is 0 Å². The highest BCUT2D eigenvalue weighted by molar-refractivity contribution is 9.10. The van der Waals surface area contributed by atoms with Crippen LogP contribution in [0.15, 0.2) is 53.1 Å². The highest BCUT2D eigenvalue weighted by atomic mass is 79.9. The van der Waals surface area contributed by atoms with Crippen LogP contribution >= 0.6 is 15.9 Å². The summed E-state index contributed by atoms with van der Waals surface area (Å²) in [5.74, 6) is 0. The third-order valence-corrected chi connectivity index (χ3v) is 3.86. The molecule has 1 aromatic heterocycles. The SMILES string of the molecule is Cn1nccc1C(N)c1ccc2cc(Br)ccc2c1. The molecule has 0 amide bonds. The summed E-state index contributed by atoms with van der Waals surface area (Å²) in [7, 11) is 1.91. The number of hydrogen-bond acceptors (Lipinski definition) is 2. The van der Waals surface area contributed by atoms with Gasteiger partial charge in [-0.1, -0.05) is 34.1 Å². The number of hydrogen-bond donors (Lipinski definition) is 1. The van der Waals surface area contributed by atoms with Gasteiger partial charge in [-0.15, -0.1) is 0 Å². The van der Waals surface area contributed by atoms with E-state index in [0.717, 1.165) is 15.7 Å². The second kappa shape index (κ2) is 4.79. The number of nitrogens with two attached hydrogens (primary N) is 1. The monoisotopic (exact) mass is 315 g/mol. The van der Waals surface area contributed by atoms with Crippen LogP contribution in [0.25, 0.3) is 10.8 Å². The fourth-order valence-corrected chi connectivity index (χ4v) is 2.67. The van der Waals surface area contributed by atoms with Crippen molar-refractivity contribution in [1.29, 1.82) is 0 Å². The van der Waals surface area contributed by atoms with Gasteiger partial charge in [0.25, 0.3) is 0 Å². The lowest BCUT2D eigenvalue weighted by Gasteiger charge is -2.13. The molecular weight excluding hydrogens is 302 g/mol. The van der Waals surface area contributed by atoms with Crippen molar-refractivity contribution in [2.24, 2.45) is 12.8 Å². The van der Waals surface area contributed by atoms with E-state index in [1.54, 1.807) is 6.20 Å². The Hall–Kier alpha value is -1.65. The zero-order chi connectivity index (χ0) is 13.4. The van der Waals surface area contributed by atoms with Gasteiger partial charge in [0.05, 0.1) is 11.7 Å². The molecule has 0 aliphatic carbocycles. The molecule has 0 aliphatic rings. The Bertz CT molecular complexity index is 733. The quantitative estimate of drug-likeness (QED) is 0.787. The first-order valence-electron chi connectivity index (χ1n) is 6.08. The molecule has 0 radical (unpaired) electrons. The van der Waals surface area contributed by atoms with Crippen molar-refractivity contribution in [3.8, 4) is 0 Å². The lowest BCUT2D eigenvalue weighted by molar-refractivity contribution is 0.673. The minimum Gasteiger partial charge on any atom is -0.319 e. The molecule has 3 rings (SSSR count). The summed E-state index contributed by atoms with van der Waals surface area (Å²) >= 11 is 3.48. The largest absolute Gasteiger partial charge is 0.319 e. The molecule has 0 fully saturated rings. The lowest BCUT2D eigenvalue weighted by atomic mass is 10.0. The summed E-state index contributed by atoms with van der Waals surface area (Å²) in [6.45, 7) is 0. The molecule has 1 unspecified atom stereocenters. The molecule has 2 aromatic carbocycles. The summed E-state index contributed by atoms with van der Waals surface area (Å²) in [6.07, 6.45) is 1.77. The molecule has 0 saturated heterocycles. The van der Waals surface area contributed by atoms with E-state index in [9.17, 15) is 0 Å². The molecule has 0 spiro atoms. The first kappa shape index (κ1) is 12.4. The van der Waals surface area contributed by atoms with Gasteiger partial charge in [0, 0.05) is 17.7 Å². The average molecular weight is 316 g/mol. The van der Waals surface area contributed by atoms with Crippen LogP contribution in [0.1, 0.15) is 17.3 Å². The number of halogens is 1. The van der Waals surface area contributed by atoms with Gasteiger partial charge in [-0.3, -0.25) is 4.68 Å². The van der Waals surface area contributed by atoms with Gasteiger partial charge in [0.15, 0.2) is 0 Å². The van der Waals surface area contributed by atoms with E-state index in [4.69, 9.17) is 5.73 Å². The minimum atomic E-state index is -0.152. The van der Waals surface area contributed by atoms with E-state index in [1.807, 2.05) is 23.9 Å². The molecule has 96 valence electrons. The van der Waals surface area contributed by atoms with Crippen LogP contribution in [-0.2, 0) is 7.05 Å². The third kappa shape index (κ3) is 2.29. The summed E-state index contributed by atoms with van der Waals surface area (Å²) in [5, 5.41) is 6.56. The van der Waals surface area contributed by atoms with Crippen LogP contribution < -0.4 is 5.73 Å². The van der Waals surface area contributed by atoms with Gasteiger partial charge < -0.3 is 5.73 Å². The van der Waals surface area contributed by atoms with Gasteiger partial charge in [-0.2, -0.15) is 5.10 Å². The van der Waals surface area contributed by atoms with Crippen molar-refractivity contribution < 1.29 is 0 Å². The molecule has 19 heavy (non-hydrogen) atoms. The summed E-state index contributed by atoms with van der Waals surface area (Å²) in [5.41, 5.74) is 8.42. The highest BCUT2D eigenvalue weighted by Gasteiger charge is 2.12. The number of aryl methyl sites for hydroxylation is 1. The summed E-state index contributed by atoms with van der Waals surface area (Å²) < 4.78 is 2.90. The van der Waals surface area contributed by atoms with E-state index in [0.29, 0.717) is 0 Å². The van der Waals surface area contributed by atoms with Gasteiger partial charge in [0.2, 0.25) is 0 Å². The Morgan fingerprint density at radius 3 is 2.58 bits per heavy atom. The maximum Gasteiger partial charge on any atom is 0.0723 e. The maximum absolute atomic E-state index is 6.31. The molecule has 3 nitrogen and oxygen atoms in total. The smallest absolute Gasteiger partial charge is 0.0723 e. The molecule has 0 aliphatic heterocycles. The van der Waals surface area contributed by atoms with Crippen LogP contribution in [0.2, 0.25) is 0 Å². The van der Waals surface area contributed by atoms with Crippen molar-refractivity contribution in [2.45, 2.75) is 6.04 Å². The average Bonchev–Trinajstić information content (AvgIpc) is 2.83. The molecule has 1 heterocycles. The Morgan fingerprint density at radius 2 is 1.84 bits per heavy atom. The zero-order valence-corrected chi connectivity index (χ0v) is 12.1. The van der Waals surface area contributed by atoms with Crippen LogP contribution in [0.4, 0.5) is 0 Å². The fraction of sp³-hybridized carbons (Fsp3) is 0.133. The molecule has 0 bridgehead atoms. The second-order valence-corrected chi connectivity index (χ2v) is 5.52. The van der Waals surface area contributed by atoms with Crippen LogP contribution in [0.5, 0.6) is 0 Å². The standard InChI is InChI=1S/C15H14BrN3/c1-19-14(6-7-18-19)15(17)12-3-2-11-9-13(16)5-4-10(11)8-12/h2-9,15H,17H2,1H3. The Morgan fingerprint density at radius 1 is 1.11 bits per heavy atom. The predicted octanol–water partition coefficient (Wildman–Crippen LogP) is 3.38. The molecule has 1 atom stereocenters. The van der Waals surface area contributed by atoms with Gasteiger partial charge in [-0.25, -0.2) is 0 Å². The topological polar surface area (TPSA) is 43.8 Å². The second-order valence-electron chi connectivity index (χ2n) is 4.61. The lowest BCUT2D eigenvalue weighted by Crippen LogP contribution is -2.15. The molecule has 4 heteroatoms. The predicted molar refractivity (Wildman–Crippen MR) is 80.9 cm³/mol. The van der Waals surface area contributed by atoms with Crippen LogP contribution in [0, 0.1) is 0 Å². The molecule has 0 saturated carbocycles. The van der Waals surface area contributed by atoms with E-state index >= 15 is 0 Å². The van der Waals surface area contributed by atoms with E-state index in [1.165, 1.54) is 10.8 Å². The Kier molecular flexibility index (Phi) is 3.12.